The van der Waals surface area contributed by atoms with Gasteiger partial charge in [0.25, 0.3) is 0 Å². The molecule has 0 atom stereocenters. The molecule has 0 unspecified atom stereocenters. The van der Waals surface area contributed by atoms with E-state index in [1.54, 1.807) is 0 Å². The number of nitrogens with one attached hydrogen (secondary N) is 1. The number of rotatable bonds is 7. The summed E-state index contributed by atoms with van der Waals surface area (Å²) in [5.74, 6) is 1.49. The van der Waals surface area contributed by atoms with E-state index in [1.165, 1.54) is 32.1 Å². The van der Waals surface area contributed by atoms with Crippen molar-refractivity contribution in [3.8, 4) is 0 Å². The zero-order valence-electron chi connectivity index (χ0n) is 10.8. The average Bonchev–Trinajstić information content (AvgIpc) is 3.10. The van der Waals surface area contributed by atoms with Crippen molar-refractivity contribution in [2.24, 2.45) is 27.4 Å². The first kappa shape index (κ1) is 13.8. The van der Waals surface area contributed by atoms with Crippen molar-refractivity contribution in [1.29, 1.82) is 0 Å². The minimum absolute atomic E-state index is 0.374. The van der Waals surface area contributed by atoms with Gasteiger partial charge >= 0.3 is 0 Å². The normalized spacial score (nSPS) is 17.2. The van der Waals surface area contributed by atoms with Crippen LogP contribution in [0.3, 0.4) is 0 Å². The molecule has 1 fully saturated rings. The lowest BCUT2D eigenvalue weighted by Gasteiger charge is -2.04. The maximum Gasteiger partial charge on any atom is 0.195 e. The summed E-state index contributed by atoms with van der Waals surface area (Å²) in [4.78, 5) is 8.41. The molecule has 98 valence electrons. The summed E-state index contributed by atoms with van der Waals surface area (Å²) in [5.41, 5.74) is 11.4. The standard InChI is InChI=1S/C12H25N5/c1-2-3-4-5-8-15-11(13)17-12(14)16-9-10-6-7-10/h10H,2-9H2,1H3,(H5,13,14,15,16,17). The summed E-state index contributed by atoms with van der Waals surface area (Å²) in [6.45, 7) is 3.76. The molecule has 1 saturated carbocycles. The monoisotopic (exact) mass is 239 g/mol. The maximum atomic E-state index is 5.69. The van der Waals surface area contributed by atoms with Gasteiger partial charge < -0.3 is 11.5 Å². The maximum absolute atomic E-state index is 5.69. The van der Waals surface area contributed by atoms with Crippen molar-refractivity contribution in [1.82, 2.24) is 5.32 Å². The number of unbranched alkanes of at least 4 members (excludes halogenated alkanes) is 3. The summed E-state index contributed by atoms with van der Waals surface area (Å²) in [7, 11) is 0. The second-order valence-electron chi connectivity index (χ2n) is 4.62. The van der Waals surface area contributed by atoms with Crippen LogP contribution in [0.2, 0.25) is 0 Å². The minimum atomic E-state index is 0.374. The summed E-state index contributed by atoms with van der Waals surface area (Å²) < 4.78 is 0. The Bertz CT molecular complexity index is 268. The third-order valence-electron chi connectivity index (χ3n) is 2.77. The Labute approximate surface area is 104 Å². The molecule has 0 aromatic carbocycles. The van der Waals surface area contributed by atoms with E-state index in [2.05, 4.69) is 22.2 Å². The van der Waals surface area contributed by atoms with E-state index in [4.69, 9.17) is 11.5 Å². The van der Waals surface area contributed by atoms with E-state index in [0.717, 1.165) is 25.4 Å². The highest BCUT2D eigenvalue weighted by Gasteiger charge is 2.20. The number of aliphatic imine (C=N–C) groups is 2. The molecule has 0 aromatic rings. The predicted octanol–water partition coefficient (Wildman–Crippen LogP) is 1.20. The Morgan fingerprint density at radius 3 is 2.47 bits per heavy atom. The Balaban J connectivity index is 2.10. The van der Waals surface area contributed by atoms with Crippen LogP contribution < -0.4 is 16.8 Å². The number of nitrogens with zero attached hydrogens (tertiary/aromatic N) is 2. The van der Waals surface area contributed by atoms with Crippen LogP contribution in [0.4, 0.5) is 0 Å². The van der Waals surface area contributed by atoms with Gasteiger partial charge in [0, 0.05) is 13.1 Å². The Kier molecular flexibility index (Phi) is 6.43. The molecule has 0 heterocycles. The van der Waals surface area contributed by atoms with Crippen LogP contribution in [-0.2, 0) is 0 Å². The molecule has 0 amide bonds. The van der Waals surface area contributed by atoms with Gasteiger partial charge in [-0.25, -0.2) is 0 Å². The van der Waals surface area contributed by atoms with Crippen molar-refractivity contribution >= 4 is 11.9 Å². The zero-order valence-corrected chi connectivity index (χ0v) is 10.8. The second kappa shape index (κ2) is 7.92. The van der Waals surface area contributed by atoms with E-state index >= 15 is 0 Å². The first-order valence-electron chi connectivity index (χ1n) is 6.59. The van der Waals surface area contributed by atoms with Crippen LogP contribution in [0, 0.1) is 5.92 Å². The quantitative estimate of drug-likeness (QED) is 0.354. The summed E-state index contributed by atoms with van der Waals surface area (Å²) in [6, 6.07) is 0. The smallest absolute Gasteiger partial charge is 0.195 e. The molecule has 17 heavy (non-hydrogen) atoms. The van der Waals surface area contributed by atoms with Gasteiger partial charge in [0.15, 0.2) is 11.9 Å². The molecule has 1 rings (SSSR count). The largest absolute Gasteiger partial charge is 0.370 e. The van der Waals surface area contributed by atoms with E-state index in [1.807, 2.05) is 0 Å². The Morgan fingerprint density at radius 2 is 1.82 bits per heavy atom. The van der Waals surface area contributed by atoms with Gasteiger partial charge in [-0.1, -0.05) is 26.2 Å². The lowest BCUT2D eigenvalue weighted by molar-refractivity contribution is 0.674. The SMILES string of the molecule is CCCCCCN=C(N)NC(N)=NCC1CC1. The van der Waals surface area contributed by atoms with Gasteiger partial charge in [0.1, 0.15) is 0 Å². The Morgan fingerprint density at radius 1 is 1.12 bits per heavy atom. The highest BCUT2D eigenvalue weighted by atomic mass is 15.2. The number of nitrogens with two attached hydrogens (primary N) is 2. The van der Waals surface area contributed by atoms with Gasteiger partial charge in [0.05, 0.1) is 0 Å². The summed E-state index contributed by atoms with van der Waals surface area (Å²) in [5, 5.41) is 2.81. The fourth-order valence-corrected chi connectivity index (χ4v) is 1.48. The molecule has 5 N–H and O–H groups in total. The molecule has 5 nitrogen and oxygen atoms in total. The fraction of sp³-hybridized carbons (Fsp3) is 0.833. The van der Waals surface area contributed by atoms with Crippen molar-refractivity contribution in [2.45, 2.75) is 45.4 Å². The van der Waals surface area contributed by atoms with E-state index in [9.17, 15) is 0 Å². The summed E-state index contributed by atoms with van der Waals surface area (Å²) in [6.07, 6.45) is 7.33. The van der Waals surface area contributed by atoms with E-state index < -0.39 is 0 Å². The molecule has 0 aliphatic heterocycles. The number of hydrogen-bond acceptors (Lipinski definition) is 2. The van der Waals surface area contributed by atoms with Crippen LogP contribution in [0.15, 0.2) is 9.98 Å². The molecule has 0 bridgehead atoms. The lowest BCUT2D eigenvalue weighted by Crippen LogP contribution is -2.41. The van der Waals surface area contributed by atoms with E-state index in [0.29, 0.717) is 11.9 Å². The minimum Gasteiger partial charge on any atom is -0.370 e. The fourth-order valence-electron chi connectivity index (χ4n) is 1.48. The van der Waals surface area contributed by atoms with Gasteiger partial charge in [-0.3, -0.25) is 15.3 Å². The third-order valence-corrected chi connectivity index (χ3v) is 2.77. The van der Waals surface area contributed by atoms with Crippen molar-refractivity contribution < 1.29 is 0 Å². The molecule has 1 aliphatic rings. The van der Waals surface area contributed by atoms with Crippen LogP contribution >= 0.6 is 0 Å². The Hall–Kier alpha value is -1.26. The van der Waals surface area contributed by atoms with Gasteiger partial charge in [0.2, 0.25) is 0 Å². The van der Waals surface area contributed by atoms with Crippen molar-refractivity contribution in [2.75, 3.05) is 13.1 Å². The van der Waals surface area contributed by atoms with Crippen LogP contribution in [-0.4, -0.2) is 25.0 Å². The molecule has 5 heteroatoms. The van der Waals surface area contributed by atoms with Crippen molar-refractivity contribution in [3.63, 3.8) is 0 Å². The van der Waals surface area contributed by atoms with Crippen molar-refractivity contribution in [3.05, 3.63) is 0 Å². The second-order valence-corrected chi connectivity index (χ2v) is 4.62. The molecule has 0 radical (unpaired) electrons. The van der Waals surface area contributed by atoms with Gasteiger partial charge in [-0.05, 0) is 25.2 Å². The molecular formula is C12H25N5. The van der Waals surface area contributed by atoms with Gasteiger partial charge in [-0.15, -0.1) is 0 Å². The van der Waals surface area contributed by atoms with Crippen LogP contribution in [0.25, 0.3) is 0 Å². The van der Waals surface area contributed by atoms with Gasteiger partial charge in [-0.2, -0.15) is 0 Å². The highest BCUT2D eigenvalue weighted by Crippen LogP contribution is 2.28. The third kappa shape index (κ3) is 7.60. The zero-order chi connectivity index (χ0) is 12.5. The first-order valence-corrected chi connectivity index (χ1v) is 6.59. The molecule has 1 aliphatic carbocycles. The topological polar surface area (TPSA) is 88.8 Å². The highest BCUT2D eigenvalue weighted by molar-refractivity contribution is 5.97. The molecule has 0 aromatic heterocycles. The number of guanidine groups is 2. The average molecular weight is 239 g/mol. The lowest BCUT2D eigenvalue weighted by atomic mass is 10.2. The summed E-state index contributed by atoms with van der Waals surface area (Å²) >= 11 is 0. The molecule has 0 spiro atoms. The molecule has 0 saturated heterocycles. The molecular weight excluding hydrogens is 214 g/mol. The number of hydrogen-bond donors (Lipinski definition) is 3. The van der Waals surface area contributed by atoms with Crippen LogP contribution in [0.5, 0.6) is 0 Å². The van der Waals surface area contributed by atoms with Crippen LogP contribution in [0.1, 0.15) is 45.4 Å². The predicted molar refractivity (Wildman–Crippen MR) is 73.0 cm³/mol. The first-order chi connectivity index (χ1) is 8.22. The van der Waals surface area contributed by atoms with E-state index in [-0.39, 0.29) is 0 Å².